The number of morpholine rings is 1. The molecule has 3 heterocycles. The van der Waals surface area contributed by atoms with Gasteiger partial charge in [0.05, 0.1) is 25.3 Å². The molecule has 0 amide bonds. The molecular formula is C19H20N4OS. The number of thioether (sulfide) groups is 1. The molecule has 0 saturated carbocycles. The molecule has 5 nitrogen and oxygen atoms in total. The SMILES string of the molecule is c1cncc(CSc2nc(CN3CCOCC3)nc3ccccc23)c1. The van der Waals surface area contributed by atoms with Crippen LogP contribution in [0.2, 0.25) is 0 Å². The van der Waals surface area contributed by atoms with E-state index in [0.29, 0.717) is 0 Å². The molecule has 1 aliphatic heterocycles. The van der Waals surface area contributed by atoms with Crippen LogP contribution in [0, 0.1) is 0 Å². The molecule has 0 bridgehead atoms. The van der Waals surface area contributed by atoms with E-state index in [1.165, 1.54) is 5.56 Å². The van der Waals surface area contributed by atoms with E-state index >= 15 is 0 Å². The Morgan fingerprint density at radius 3 is 2.76 bits per heavy atom. The van der Waals surface area contributed by atoms with Crippen molar-refractivity contribution in [2.24, 2.45) is 0 Å². The summed E-state index contributed by atoms with van der Waals surface area (Å²) in [6.45, 7) is 4.23. The van der Waals surface area contributed by atoms with Gasteiger partial charge in [0.15, 0.2) is 0 Å². The Morgan fingerprint density at radius 1 is 1.04 bits per heavy atom. The monoisotopic (exact) mass is 352 g/mol. The highest BCUT2D eigenvalue weighted by molar-refractivity contribution is 7.98. The molecule has 2 aromatic heterocycles. The molecule has 0 radical (unpaired) electrons. The molecule has 1 aromatic carbocycles. The van der Waals surface area contributed by atoms with Gasteiger partial charge in [0.2, 0.25) is 0 Å². The van der Waals surface area contributed by atoms with Gasteiger partial charge in [0, 0.05) is 36.6 Å². The predicted molar refractivity (Wildman–Crippen MR) is 99.4 cm³/mol. The topological polar surface area (TPSA) is 51.1 Å². The first kappa shape index (κ1) is 16.4. The van der Waals surface area contributed by atoms with Gasteiger partial charge in [0.1, 0.15) is 10.9 Å². The highest BCUT2D eigenvalue weighted by atomic mass is 32.2. The third kappa shape index (κ3) is 4.15. The number of hydrogen-bond donors (Lipinski definition) is 0. The Labute approximate surface area is 151 Å². The van der Waals surface area contributed by atoms with Gasteiger partial charge in [-0.15, -0.1) is 11.8 Å². The van der Waals surface area contributed by atoms with Gasteiger partial charge < -0.3 is 4.74 Å². The van der Waals surface area contributed by atoms with Crippen molar-refractivity contribution in [2.75, 3.05) is 26.3 Å². The molecule has 1 fully saturated rings. The van der Waals surface area contributed by atoms with Crippen LogP contribution in [-0.4, -0.2) is 46.2 Å². The molecule has 25 heavy (non-hydrogen) atoms. The Bertz CT molecular complexity index is 837. The number of hydrogen-bond acceptors (Lipinski definition) is 6. The number of benzene rings is 1. The summed E-state index contributed by atoms with van der Waals surface area (Å²) in [6, 6.07) is 12.3. The normalized spacial score (nSPS) is 15.5. The maximum Gasteiger partial charge on any atom is 0.144 e. The molecule has 6 heteroatoms. The number of fused-ring (bicyclic) bond motifs is 1. The van der Waals surface area contributed by atoms with E-state index in [1.54, 1.807) is 18.0 Å². The minimum absolute atomic E-state index is 0.772. The molecule has 1 saturated heterocycles. The van der Waals surface area contributed by atoms with Gasteiger partial charge >= 0.3 is 0 Å². The molecule has 0 aliphatic carbocycles. The van der Waals surface area contributed by atoms with Crippen molar-refractivity contribution >= 4 is 22.7 Å². The fourth-order valence-electron chi connectivity index (χ4n) is 2.87. The minimum Gasteiger partial charge on any atom is -0.379 e. The third-order valence-corrected chi connectivity index (χ3v) is 5.24. The summed E-state index contributed by atoms with van der Waals surface area (Å²) >= 11 is 1.74. The highest BCUT2D eigenvalue weighted by Gasteiger charge is 2.14. The van der Waals surface area contributed by atoms with Crippen LogP contribution in [0.1, 0.15) is 11.4 Å². The zero-order chi connectivity index (χ0) is 16.9. The van der Waals surface area contributed by atoms with Gasteiger partial charge in [-0.3, -0.25) is 9.88 Å². The van der Waals surface area contributed by atoms with E-state index in [9.17, 15) is 0 Å². The summed E-state index contributed by atoms with van der Waals surface area (Å²) in [6.07, 6.45) is 3.71. The van der Waals surface area contributed by atoms with E-state index in [0.717, 1.165) is 60.4 Å². The quantitative estimate of drug-likeness (QED) is 0.519. The summed E-state index contributed by atoms with van der Waals surface area (Å²) in [5.41, 5.74) is 2.21. The van der Waals surface area contributed by atoms with Crippen LogP contribution in [0.4, 0.5) is 0 Å². The molecule has 1 aliphatic rings. The standard InChI is InChI=1S/C19H20N4OS/c1-2-6-17-16(5-1)19(25-14-15-4-3-7-20-12-15)22-18(21-17)13-23-8-10-24-11-9-23/h1-7,12H,8-11,13-14H2. The average Bonchev–Trinajstić information content (AvgIpc) is 2.68. The molecule has 0 spiro atoms. The Hall–Kier alpha value is -2.02. The van der Waals surface area contributed by atoms with Crippen molar-refractivity contribution in [1.29, 1.82) is 0 Å². The first-order valence-electron chi connectivity index (χ1n) is 8.46. The van der Waals surface area contributed by atoms with Crippen LogP contribution in [0.5, 0.6) is 0 Å². The number of pyridine rings is 1. The summed E-state index contributed by atoms with van der Waals surface area (Å²) in [5, 5.41) is 2.15. The maximum absolute atomic E-state index is 5.43. The second-order valence-electron chi connectivity index (χ2n) is 6.00. The van der Waals surface area contributed by atoms with Crippen molar-refractivity contribution in [3.05, 3.63) is 60.2 Å². The van der Waals surface area contributed by atoms with Crippen LogP contribution < -0.4 is 0 Å². The lowest BCUT2D eigenvalue weighted by molar-refractivity contribution is 0.0330. The second-order valence-corrected chi connectivity index (χ2v) is 6.96. The number of rotatable bonds is 5. The molecule has 4 rings (SSSR count). The Balaban J connectivity index is 1.59. The molecule has 0 N–H and O–H groups in total. The van der Waals surface area contributed by atoms with Gasteiger partial charge in [-0.1, -0.05) is 24.3 Å². The number of aromatic nitrogens is 3. The van der Waals surface area contributed by atoms with Gasteiger partial charge in [-0.25, -0.2) is 9.97 Å². The lowest BCUT2D eigenvalue weighted by Gasteiger charge is -2.25. The number of nitrogens with zero attached hydrogens (tertiary/aromatic N) is 4. The fraction of sp³-hybridized carbons (Fsp3) is 0.316. The van der Waals surface area contributed by atoms with Crippen LogP contribution in [0.3, 0.4) is 0 Å². The predicted octanol–water partition coefficient (Wildman–Crippen LogP) is 3.15. The van der Waals surface area contributed by atoms with Crippen LogP contribution in [0.15, 0.2) is 53.8 Å². The first-order chi connectivity index (χ1) is 12.4. The summed E-state index contributed by atoms with van der Waals surface area (Å²) in [5.74, 6) is 1.74. The average molecular weight is 352 g/mol. The fourth-order valence-corrected chi connectivity index (χ4v) is 3.84. The number of para-hydroxylation sites is 1. The van der Waals surface area contributed by atoms with Crippen molar-refractivity contribution < 1.29 is 4.74 Å². The van der Waals surface area contributed by atoms with Crippen molar-refractivity contribution in [1.82, 2.24) is 19.9 Å². The lowest BCUT2D eigenvalue weighted by Crippen LogP contribution is -2.36. The lowest BCUT2D eigenvalue weighted by atomic mass is 10.2. The third-order valence-electron chi connectivity index (χ3n) is 4.18. The van der Waals surface area contributed by atoms with Crippen molar-refractivity contribution in [3.63, 3.8) is 0 Å². The second kappa shape index (κ2) is 7.91. The van der Waals surface area contributed by atoms with E-state index in [-0.39, 0.29) is 0 Å². The zero-order valence-electron chi connectivity index (χ0n) is 14.0. The minimum atomic E-state index is 0.772. The summed E-state index contributed by atoms with van der Waals surface area (Å²) < 4.78 is 5.43. The van der Waals surface area contributed by atoms with Gasteiger partial charge in [-0.05, 0) is 17.7 Å². The highest BCUT2D eigenvalue weighted by Crippen LogP contribution is 2.28. The largest absolute Gasteiger partial charge is 0.379 e. The maximum atomic E-state index is 5.43. The molecule has 0 unspecified atom stereocenters. The summed E-state index contributed by atoms with van der Waals surface area (Å²) in [4.78, 5) is 16.2. The van der Waals surface area contributed by atoms with Crippen LogP contribution in [0.25, 0.3) is 10.9 Å². The van der Waals surface area contributed by atoms with Gasteiger partial charge in [0.25, 0.3) is 0 Å². The van der Waals surface area contributed by atoms with Gasteiger partial charge in [-0.2, -0.15) is 0 Å². The van der Waals surface area contributed by atoms with Crippen LogP contribution >= 0.6 is 11.8 Å². The van der Waals surface area contributed by atoms with Crippen molar-refractivity contribution in [3.8, 4) is 0 Å². The van der Waals surface area contributed by atoms with E-state index in [1.807, 2.05) is 24.4 Å². The smallest absolute Gasteiger partial charge is 0.144 e. The van der Waals surface area contributed by atoms with Crippen molar-refractivity contribution in [2.45, 2.75) is 17.3 Å². The number of ether oxygens (including phenoxy) is 1. The van der Waals surface area contributed by atoms with E-state index in [2.05, 4.69) is 28.1 Å². The van der Waals surface area contributed by atoms with E-state index < -0.39 is 0 Å². The molecule has 3 aromatic rings. The van der Waals surface area contributed by atoms with Crippen LogP contribution in [-0.2, 0) is 17.0 Å². The molecular weight excluding hydrogens is 332 g/mol. The summed E-state index contributed by atoms with van der Waals surface area (Å²) in [7, 11) is 0. The van der Waals surface area contributed by atoms with E-state index in [4.69, 9.17) is 14.7 Å². The Morgan fingerprint density at radius 2 is 1.92 bits per heavy atom. The molecule has 0 atom stereocenters. The zero-order valence-corrected chi connectivity index (χ0v) is 14.8. The molecule has 128 valence electrons. The first-order valence-corrected chi connectivity index (χ1v) is 9.44. The Kier molecular flexibility index (Phi) is 5.20.